The van der Waals surface area contributed by atoms with Gasteiger partial charge in [0, 0.05) is 58.4 Å². The van der Waals surface area contributed by atoms with Crippen LogP contribution in [0.1, 0.15) is 25.0 Å². The second kappa shape index (κ2) is 10.9. The Bertz CT molecular complexity index is 1610. The predicted molar refractivity (Wildman–Crippen MR) is 136 cm³/mol. The standard InChI is InChI=1S/C26H21N7O4/c1-3-32(4-2)25(34)36-30-23(15-27)17-7-9-21-19(13-17)20-14-18(8-10-22(20)29-21)24(16-28)31-37-26(35)33-11-5-6-12-33/h5-14,29H,3-4H2,1-2H3/b30-23+,31-24+. The highest BCUT2D eigenvalue weighted by molar-refractivity contribution is 6.18. The summed E-state index contributed by atoms with van der Waals surface area (Å²) in [6.07, 6.45) is 1.61. The number of nitrogens with one attached hydrogen (secondary N) is 1. The fourth-order valence-corrected chi connectivity index (χ4v) is 3.68. The first-order chi connectivity index (χ1) is 18.0. The Morgan fingerprint density at radius 3 is 1.89 bits per heavy atom. The molecule has 0 spiro atoms. The van der Waals surface area contributed by atoms with Gasteiger partial charge in [-0.2, -0.15) is 10.5 Å². The van der Waals surface area contributed by atoms with E-state index in [1.807, 2.05) is 26.0 Å². The Morgan fingerprint density at radius 2 is 1.41 bits per heavy atom. The number of nitrogens with zero attached hydrogens (tertiary/aromatic N) is 6. The summed E-state index contributed by atoms with van der Waals surface area (Å²) in [6.45, 7) is 4.53. The van der Waals surface area contributed by atoms with Gasteiger partial charge in [-0.15, -0.1) is 0 Å². The third kappa shape index (κ3) is 5.16. The monoisotopic (exact) mass is 495 g/mol. The smallest absolute Gasteiger partial charge is 0.355 e. The lowest BCUT2D eigenvalue weighted by atomic mass is 10.0. The summed E-state index contributed by atoms with van der Waals surface area (Å²) < 4.78 is 1.19. The Balaban J connectivity index is 1.67. The molecule has 37 heavy (non-hydrogen) atoms. The normalized spacial score (nSPS) is 11.7. The molecule has 0 bridgehead atoms. The molecule has 2 aromatic heterocycles. The molecule has 0 saturated heterocycles. The fourth-order valence-electron chi connectivity index (χ4n) is 3.68. The van der Waals surface area contributed by atoms with Gasteiger partial charge in [0.05, 0.1) is 0 Å². The molecule has 1 amide bonds. The van der Waals surface area contributed by atoms with E-state index in [-0.39, 0.29) is 11.4 Å². The molecule has 184 valence electrons. The molecular weight excluding hydrogens is 474 g/mol. The third-order valence-corrected chi connectivity index (χ3v) is 5.62. The number of carbonyl (C=O) groups is 2. The van der Waals surface area contributed by atoms with Crippen LogP contribution >= 0.6 is 0 Å². The van der Waals surface area contributed by atoms with Gasteiger partial charge in [-0.25, -0.2) is 9.59 Å². The lowest BCUT2D eigenvalue weighted by molar-refractivity contribution is 0.110. The Labute approximate surface area is 211 Å². The van der Waals surface area contributed by atoms with Crippen molar-refractivity contribution in [3.05, 3.63) is 72.1 Å². The third-order valence-electron chi connectivity index (χ3n) is 5.62. The van der Waals surface area contributed by atoms with Gasteiger partial charge in [-0.1, -0.05) is 10.3 Å². The molecule has 1 N–H and O–H groups in total. The number of nitriles is 2. The van der Waals surface area contributed by atoms with Crippen LogP contribution < -0.4 is 0 Å². The van der Waals surface area contributed by atoms with Crippen molar-refractivity contribution in [1.82, 2.24) is 14.5 Å². The molecule has 0 fully saturated rings. The van der Waals surface area contributed by atoms with Gasteiger partial charge >= 0.3 is 12.2 Å². The first-order valence-electron chi connectivity index (χ1n) is 11.3. The van der Waals surface area contributed by atoms with Crippen molar-refractivity contribution < 1.29 is 19.3 Å². The summed E-state index contributed by atoms with van der Waals surface area (Å²) in [5.74, 6) is 0. The largest absolute Gasteiger partial charge is 0.444 e. The maximum absolute atomic E-state index is 12.1. The molecule has 0 unspecified atom stereocenters. The lowest BCUT2D eigenvalue weighted by Gasteiger charge is -2.15. The van der Waals surface area contributed by atoms with Crippen molar-refractivity contribution in [3.63, 3.8) is 0 Å². The van der Waals surface area contributed by atoms with Crippen LogP contribution in [0.3, 0.4) is 0 Å². The highest BCUT2D eigenvalue weighted by atomic mass is 16.7. The van der Waals surface area contributed by atoms with Crippen molar-refractivity contribution in [2.75, 3.05) is 13.1 Å². The molecule has 2 heterocycles. The zero-order chi connectivity index (χ0) is 26.4. The second-order valence-corrected chi connectivity index (χ2v) is 7.73. The number of fused-ring (bicyclic) bond motifs is 3. The van der Waals surface area contributed by atoms with E-state index in [1.54, 1.807) is 48.5 Å². The van der Waals surface area contributed by atoms with Gasteiger partial charge in [0.1, 0.15) is 12.1 Å². The molecule has 0 saturated carbocycles. The first-order valence-corrected chi connectivity index (χ1v) is 11.3. The second-order valence-electron chi connectivity index (χ2n) is 7.73. The number of hydrogen-bond donors (Lipinski definition) is 1. The molecule has 4 aromatic rings. The van der Waals surface area contributed by atoms with Crippen molar-refractivity contribution in [2.24, 2.45) is 10.3 Å². The zero-order valence-corrected chi connectivity index (χ0v) is 20.0. The number of amides is 1. The van der Waals surface area contributed by atoms with Gasteiger partial charge in [0.25, 0.3) is 0 Å². The van der Waals surface area contributed by atoms with Crippen LogP contribution in [0.25, 0.3) is 21.8 Å². The summed E-state index contributed by atoms with van der Waals surface area (Å²) >= 11 is 0. The number of oxime groups is 2. The minimum atomic E-state index is -0.749. The van der Waals surface area contributed by atoms with E-state index in [1.165, 1.54) is 21.9 Å². The van der Waals surface area contributed by atoms with E-state index in [4.69, 9.17) is 9.68 Å². The molecule has 0 aliphatic carbocycles. The average molecular weight is 495 g/mol. The van der Waals surface area contributed by atoms with Gasteiger partial charge in [0.2, 0.25) is 0 Å². The summed E-state index contributed by atoms with van der Waals surface area (Å²) in [6, 6.07) is 17.6. The predicted octanol–water partition coefficient (Wildman–Crippen LogP) is 4.74. The number of aromatic nitrogens is 2. The van der Waals surface area contributed by atoms with Crippen molar-refractivity contribution in [2.45, 2.75) is 13.8 Å². The van der Waals surface area contributed by atoms with Crippen molar-refractivity contribution in [1.29, 1.82) is 10.5 Å². The van der Waals surface area contributed by atoms with Crippen LogP contribution in [0.2, 0.25) is 0 Å². The van der Waals surface area contributed by atoms with E-state index in [0.29, 0.717) is 24.2 Å². The first kappa shape index (κ1) is 24.7. The van der Waals surface area contributed by atoms with Crippen molar-refractivity contribution in [3.8, 4) is 12.1 Å². The number of benzene rings is 2. The Hall–Kier alpha value is -5.42. The van der Waals surface area contributed by atoms with Crippen LogP contribution in [0.5, 0.6) is 0 Å². The molecule has 0 aliphatic rings. The minimum Gasteiger partial charge on any atom is -0.355 e. The Morgan fingerprint density at radius 1 is 0.892 bits per heavy atom. The Kier molecular flexibility index (Phi) is 7.27. The van der Waals surface area contributed by atoms with Gasteiger partial charge in [0.15, 0.2) is 11.4 Å². The van der Waals surface area contributed by atoms with E-state index >= 15 is 0 Å². The number of rotatable bonds is 6. The zero-order valence-electron chi connectivity index (χ0n) is 20.0. The average Bonchev–Trinajstić information content (AvgIpc) is 3.58. The molecular formula is C26H21N7O4. The van der Waals surface area contributed by atoms with Crippen LogP contribution in [0, 0.1) is 22.7 Å². The molecule has 0 radical (unpaired) electrons. The highest BCUT2D eigenvalue weighted by Gasteiger charge is 2.15. The molecule has 0 atom stereocenters. The van der Waals surface area contributed by atoms with E-state index in [9.17, 15) is 20.1 Å². The summed E-state index contributed by atoms with van der Waals surface area (Å²) in [5, 5.41) is 28.2. The maximum atomic E-state index is 12.1. The quantitative estimate of drug-likeness (QED) is 0.232. The molecule has 11 nitrogen and oxygen atoms in total. The highest BCUT2D eigenvalue weighted by Crippen LogP contribution is 2.28. The van der Waals surface area contributed by atoms with E-state index in [2.05, 4.69) is 15.3 Å². The van der Waals surface area contributed by atoms with Gasteiger partial charge in [-0.05, 0) is 62.4 Å². The van der Waals surface area contributed by atoms with E-state index in [0.717, 1.165) is 21.8 Å². The number of aromatic amines is 1. The van der Waals surface area contributed by atoms with Crippen LogP contribution in [0.15, 0.2) is 71.2 Å². The topological polar surface area (TPSA) is 149 Å². The number of carbonyl (C=O) groups excluding carboxylic acids is 2. The molecule has 4 rings (SSSR count). The van der Waals surface area contributed by atoms with E-state index < -0.39 is 12.2 Å². The number of H-pyrrole nitrogens is 1. The molecule has 0 aliphatic heterocycles. The molecule has 11 heteroatoms. The van der Waals surface area contributed by atoms with Crippen molar-refractivity contribution >= 4 is 45.4 Å². The fraction of sp³-hybridized carbons (Fsp3) is 0.154. The minimum absolute atomic E-state index is 0.0656. The molecule has 2 aromatic carbocycles. The van der Waals surface area contributed by atoms with Crippen LogP contribution in [-0.2, 0) is 9.68 Å². The van der Waals surface area contributed by atoms with Gasteiger partial charge in [-0.3, -0.25) is 14.2 Å². The number of hydrogen-bond acceptors (Lipinski definition) is 8. The summed E-state index contributed by atoms with van der Waals surface area (Å²) in [7, 11) is 0. The maximum Gasteiger partial charge on any atom is 0.444 e. The SMILES string of the molecule is CCN(CC)C(=O)O/N=C(\C#N)c1ccc2[nH]c3ccc(/C(C#N)=N/OC(=O)n4cccc4)cc3c2c1. The summed E-state index contributed by atoms with van der Waals surface area (Å²) in [4.78, 5) is 38.7. The van der Waals surface area contributed by atoms with Crippen LogP contribution in [-0.4, -0.2) is 51.2 Å². The summed E-state index contributed by atoms with van der Waals surface area (Å²) in [5.41, 5.74) is 2.29. The van der Waals surface area contributed by atoms with Crippen LogP contribution in [0.4, 0.5) is 9.59 Å². The van der Waals surface area contributed by atoms with Gasteiger partial charge < -0.3 is 9.88 Å². The lowest BCUT2D eigenvalue weighted by Crippen LogP contribution is -2.30.